The largest absolute Gasteiger partial charge is 0.347 e. The van der Waals surface area contributed by atoms with Crippen LogP contribution in [0.25, 0.3) is 0 Å². The second-order valence-corrected chi connectivity index (χ2v) is 6.48. The number of carbonyl (C=O) groups is 1. The molecule has 2 heterocycles. The lowest BCUT2D eigenvalue weighted by Crippen LogP contribution is -2.29. The minimum Gasteiger partial charge on any atom is -0.347 e. The molecule has 0 unspecified atom stereocenters. The van der Waals surface area contributed by atoms with Crippen molar-refractivity contribution in [2.75, 3.05) is 28.6 Å². The van der Waals surface area contributed by atoms with E-state index < -0.39 is 0 Å². The maximum Gasteiger partial charge on any atom is 0.325 e. The average Bonchev–Trinajstić information content (AvgIpc) is 3.04. The Morgan fingerprint density at radius 1 is 1.17 bits per heavy atom. The zero-order valence-electron chi connectivity index (χ0n) is 13.2. The Hall–Kier alpha value is -2.15. The zero-order chi connectivity index (χ0) is 16.1. The third kappa shape index (κ3) is 3.98. The van der Waals surface area contributed by atoms with Gasteiger partial charge in [0, 0.05) is 18.8 Å². The Bertz CT molecular complexity index is 666. The highest BCUT2D eigenvalue weighted by atomic mass is 32.1. The first-order valence-electron chi connectivity index (χ1n) is 8.00. The van der Waals surface area contributed by atoms with Crippen molar-refractivity contribution in [3.63, 3.8) is 0 Å². The van der Waals surface area contributed by atoms with E-state index in [4.69, 9.17) is 0 Å². The van der Waals surface area contributed by atoms with Crippen LogP contribution in [-0.2, 0) is 6.42 Å². The normalized spacial score (nSPS) is 14.6. The molecule has 1 aromatic heterocycles. The summed E-state index contributed by atoms with van der Waals surface area (Å²) in [6.07, 6.45) is 4.53. The summed E-state index contributed by atoms with van der Waals surface area (Å²) in [5.74, 6) is 0. The quantitative estimate of drug-likeness (QED) is 0.895. The number of anilines is 3. The number of amides is 2. The van der Waals surface area contributed by atoms with Crippen LogP contribution >= 0.6 is 11.3 Å². The SMILES string of the molecule is CCc1ccccc1NC(=O)Nc1nnc(N2CCCCC2)s1. The minimum absolute atomic E-state index is 0.285. The fraction of sp³-hybridized carbons (Fsp3) is 0.438. The van der Waals surface area contributed by atoms with Gasteiger partial charge in [-0.2, -0.15) is 0 Å². The van der Waals surface area contributed by atoms with Crippen molar-refractivity contribution in [2.45, 2.75) is 32.6 Å². The number of urea groups is 1. The summed E-state index contributed by atoms with van der Waals surface area (Å²) >= 11 is 1.42. The lowest BCUT2D eigenvalue weighted by molar-refractivity contribution is 0.262. The molecule has 1 aliphatic rings. The van der Waals surface area contributed by atoms with E-state index in [9.17, 15) is 4.79 Å². The monoisotopic (exact) mass is 331 g/mol. The molecule has 1 aliphatic heterocycles. The zero-order valence-corrected chi connectivity index (χ0v) is 14.0. The first-order chi connectivity index (χ1) is 11.3. The number of hydrogen-bond acceptors (Lipinski definition) is 5. The van der Waals surface area contributed by atoms with Crippen LogP contribution in [-0.4, -0.2) is 29.3 Å². The standard InChI is InChI=1S/C16H21N5OS/c1-2-12-8-4-5-9-13(12)17-14(22)18-15-19-20-16(23-15)21-10-6-3-7-11-21/h4-5,8-9H,2-3,6-7,10-11H2,1H3,(H2,17,18,19,22). The summed E-state index contributed by atoms with van der Waals surface area (Å²) in [5, 5.41) is 15.3. The molecule has 0 aliphatic carbocycles. The van der Waals surface area contributed by atoms with Crippen LogP contribution in [0, 0.1) is 0 Å². The van der Waals surface area contributed by atoms with E-state index in [1.165, 1.54) is 30.6 Å². The van der Waals surface area contributed by atoms with E-state index in [1.807, 2.05) is 24.3 Å². The molecule has 23 heavy (non-hydrogen) atoms. The van der Waals surface area contributed by atoms with Crippen molar-refractivity contribution in [3.8, 4) is 0 Å². The van der Waals surface area contributed by atoms with Crippen LogP contribution in [0.15, 0.2) is 24.3 Å². The van der Waals surface area contributed by atoms with Crippen molar-refractivity contribution in [3.05, 3.63) is 29.8 Å². The number of benzene rings is 1. The Kier molecular flexibility index (Phi) is 5.07. The minimum atomic E-state index is -0.285. The third-order valence-corrected chi connectivity index (χ3v) is 4.81. The molecule has 0 atom stereocenters. The summed E-state index contributed by atoms with van der Waals surface area (Å²) < 4.78 is 0. The highest BCUT2D eigenvalue weighted by Crippen LogP contribution is 2.26. The van der Waals surface area contributed by atoms with E-state index in [1.54, 1.807) is 0 Å². The van der Waals surface area contributed by atoms with Gasteiger partial charge in [-0.25, -0.2) is 4.79 Å². The van der Waals surface area contributed by atoms with Gasteiger partial charge in [0.25, 0.3) is 0 Å². The first-order valence-corrected chi connectivity index (χ1v) is 8.82. The molecule has 2 amide bonds. The third-order valence-electron chi connectivity index (χ3n) is 3.91. The molecule has 1 saturated heterocycles. The predicted octanol–water partition coefficient (Wildman–Crippen LogP) is 3.73. The highest BCUT2D eigenvalue weighted by Gasteiger charge is 2.16. The summed E-state index contributed by atoms with van der Waals surface area (Å²) in [7, 11) is 0. The number of nitrogens with one attached hydrogen (secondary N) is 2. The van der Waals surface area contributed by atoms with Gasteiger partial charge in [0.15, 0.2) is 0 Å². The molecule has 1 fully saturated rings. The van der Waals surface area contributed by atoms with Gasteiger partial charge in [0.2, 0.25) is 10.3 Å². The number of aromatic nitrogens is 2. The van der Waals surface area contributed by atoms with E-state index >= 15 is 0 Å². The first kappa shape index (κ1) is 15.7. The number of hydrogen-bond donors (Lipinski definition) is 2. The summed E-state index contributed by atoms with van der Waals surface area (Å²) in [6.45, 7) is 4.10. The van der Waals surface area contributed by atoms with Crippen LogP contribution in [0.5, 0.6) is 0 Å². The molecule has 6 nitrogen and oxygen atoms in total. The maximum absolute atomic E-state index is 12.1. The van der Waals surface area contributed by atoms with Gasteiger partial charge >= 0.3 is 6.03 Å². The Labute approximate surface area is 139 Å². The lowest BCUT2D eigenvalue weighted by atomic mass is 10.1. The van der Waals surface area contributed by atoms with Gasteiger partial charge in [-0.1, -0.05) is 36.5 Å². The Morgan fingerprint density at radius 3 is 2.74 bits per heavy atom. The molecule has 7 heteroatoms. The molecule has 0 bridgehead atoms. The molecule has 0 radical (unpaired) electrons. The highest BCUT2D eigenvalue weighted by molar-refractivity contribution is 7.19. The van der Waals surface area contributed by atoms with Crippen LogP contribution in [0.3, 0.4) is 0 Å². The second-order valence-electron chi connectivity index (χ2n) is 5.53. The van der Waals surface area contributed by atoms with Crippen LogP contribution in [0.2, 0.25) is 0 Å². The van der Waals surface area contributed by atoms with Crippen molar-refractivity contribution < 1.29 is 4.79 Å². The number of piperidine rings is 1. The van der Waals surface area contributed by atoms with Crippen molar-refractivity contribution in [1.82, 2.24) is 10.2 Å². The predicted molar refractivity (Wildman–Crippen MR) is 94.4 cm³/mol. The molecule has 2 aromatic rings. The topological polar surface area (TPSA) is 70.1 Å². The maximum atomic E-state index is 12.1. The fourth-order valence-electron chi connectivity index (χ4n) is 2.68. The van der Waals surface area contributed by atoms with Gasteiger partial charge in [-0.3, -0.25) is 5.32 Å². The van der Waals surface area contributed by atoms with Crippen molar-refractivity contribution in [1.29, 1.82) is 0 Å². The number of nitrogens with zero attached hydrogens (tertiary/aromatic N) is 3. The van der Waals surface area contributed by atoms with Gasteiger partial charge in [0.05, 0.1) is 0 Å². The smallest absolute Gasteiger partial charge is 0.325 e. The lowest BCUT2D eigenvalue weighted by Gasteiger charge is -2.25. The van der Waals surface area contributed by atoms with Crippen LogP contribution in [0.1, 0.15) is 31.7 Å². The Balaban J connectivity index is 1.60. The molecule has 2 N–H and O–H groups in total. The van der Waals surface area contributed by atoms with E-state index in [0.717, 1.165) is 35.9 Å². The van der Waals surface area contributed by atoms with Crippen molar-refractivity contribution in [2.24, 2.45) is 0 Å². The van der Waals surface area contributed by atoms with Gasteiger partial charge in [-0.05, 0) is 37.3 Å². The van der Waals surface area contributed by atoms with E-state index in [0.29, 0.717) is 5.13 Å². The van der Waals surface area contributed by atoms with Gasteiger partial charge in [-0.15, -0.1) is 10.2 Å². The summed E-state index contributed by atoms with van der Waals surface area (Å²) in [5.41, 5.74) is 1.93. The molecular weight excluding hydrogens is 310 g/mol. The molecule has 0 saturated carbocycles. The van der Waals surface area contributed by atoms with Gasteiger partial charge < -0.3 is 10.2 Å². The van der Waals surface area contributed by atoms with Gasteiger partial charge in [0.1, 0.15) is 0 Å². The molecule has 0 spiro atoms. The second kappa shape index (κ2) is 7.41. The molecule has 1 aromatic carbocycles. The Morgan fingerprint density at radius 2 is 1.96 bits per heavy atom. The molecule has 122 valence electrons. The number of rotatable bonds is 4. The summed E-state index contributed by atoms with van der Waals surface area (Å²) in [4.78, 5) is 14.4. The van der Waals surface area contributed by atoms with Crippen LogP contribution < -0.4 is 15.5 Å². The molecular formula is C16H21N5OS. The van der Waals surface area contributed by atoms with Crippen LogP contribution in [0.4, 0.5) is 20.7 Å². The number of carbonyl (C=O) groups excluding carboxylic acids is 1. The fourth-order valence-corrected chi connectivity index (χ4v) is 3.47. The number of para-hydroxylation sites is 1. The molecule has 3 rings (SSSR count). The van der Waals surface area contributed by atoms with Crippen molar-refractivity contribution >= 4 is 33.3 Å². The average molecular weight is 331 g/mol. The van der Waals surface area contributed by atoms with E-state index in [-0.39, 0.29) is 6.03 Å². The van der Waals surface area contributed by atoms with E-state index in [2.05, 4.69) is 32.7 Å². The summed E-state index contributed by atoms with van der Waals surface area (Å²) in [6, 6.07) is 7.51. The number of aryl methyl sites for hydroxylation is 1.